The van der Waals surface area contributed by atoms with E-state index < -0.39 is 0 Å². The number of halogens is 1. The summed E-state index contributed by atoms with van der Waals surface area (Å²) in [6.45, 7) is 0.814. The van der Waals surface area contributed by atoms with Gasteiger partial charge in [0, 0.05) is 17.5 Å². The number of nitrogens with one attached hydrogen (secondary N) is 1. The van der Waals surface area contributed by atoms with Gasteiger partial charge in [-0.3, -0.25) is 4.79 Å². The number of nitrogens with zero attached hydrogens (tertiary/aromatic N) is 3. The first-order valence-electron chi connectivity index (χ1n) is 7.28. The minimum absolute atomic E-state index is 0.0186. The van der Waals surface area contributed by atoms with Crippen molar-refractivity contribution < 1.29 is 9.53 Å². The zero-order valence-corrected chi connectivity index (χ0v) is 13.6. The Morgan fingerprint density at radius 1 is 1.50 bits per heavy atom. The highest BCUT2D eigenvalue weighted by molar-refractivity contribution is 9.10. The van der Waals surface area contributed by atoms with Crippen LogP contribution in [0.4, 0.5) is 5.69 Å². The van der Waals surface area contributed by atoms with Gasteiger partial charge < -0.3 is 10.1 Å². The van der Waals surface area contributed by atoms with Crippen LogP contribution < -0.4 is 5.32 Å². The molecule has 2 aromatic rings. The molecule has 1 aliphatic rings. The molecule has 0 radical (unpaired) electrons. The Labute approximate surface area is 137 Å². The third-order valence-electron chi connectivity index (χ3n) is 3.62. The van der Waals surface area contributed by atoms with Crippen molar-refractivity contribution in [3.63, 3.8) is 0 Å². The number of hydrogen-bond acceptors (Lipinski definition) is 4. The monoisotopic (exact) mass is 364 g/mol. The summed E-state index contributed by atoms with van der Waals surface area (Å²) >= 11 is 3.43. The van der Waals surface area contributed by atoms with Crippen LogP contribution in [0.5, 0.6) is 0 Å². The van der Waals surface area contributed by atoms with Gasteiger partial charge in [-0.05, 0) is 37.5 Å². The van der Waals surface area contributed by atoms with Crippen LogP contribution in [0.25, 0.3) is 5.69 Å². The smallest absolute Gasteiger partial charge is 0.224 e. The predicted octanol–water partition coefficient (Wildman–Crippen LogP) is 2.93. The molecule has 0 aliphatic carbocycles. The first-order chi connectivity index (χ1) is 10.7. The summed E-state index contributed by atoms with van der Waals surface area (Å²) in [4.78, 5) is 16.1. The number of aromatic nitrogens is 3. The molecular weight excluding hydrogens is 348 g/mol. The molecule has 7 heteroatoms. The maximum Gasteiger partial charge on any atom is 0.224 e. The molecule has 1 N–H and O–H groups in total. The summed E-state index contributed by atoms with van der Waals surface area (Å²) in [7, 11) is 0. The van der Waals surface area contributed by atoms with E-state index in [9.17, 15) is 4.79 Å². The number of amides is 1. The number of ether oxygens (including phenoxy) is 1. The molecule has 0 spiro atoms. The number of hydrogen-bond donors (Lipinski definition) is 1. The van der Waals surface area contributed by atoms with Crippen molar-refractivity contribution in [2.24, 2.45) is 0 Å². The van der Waals surface area contributed by atoms with E-state index in [4.69, 9.17) is 4.74 Å². The van der Waals surface area contributed by atoms with Crippen LogP contribution in [0.2, 0.25) is 0 Å². The highest BCUT2D eigenvalue weighted by Gasteiger charge is 2.17. The number of anilines is 1. The summed E-state index contributed by atoms with van der Waals surface area (Å²) < 4.78 is 8.07. The second kappa shape index (κ2) is 7.02. The highest BCUT2D eigenvalue weighted by Crippen LogP contribution is 2.25. The molecule has 1 aliphatic heterocycles. The van der Waals surface area contributed by atoms with Crippen LogP contribution in [-0.2, 0) is 9.53 Å². The fourth-order valence-corrected chi connectivity index (χ4v) is 2.88. The molecule has 1 atom stereocenters. The number of carbonyl (C=O) groups excluding carboxylic acids is 1. The second-order valence-electron chi connectivity index (χ2n) is 5.22. The van der Waals surface area contributed by atoms with Crippen molar-refractivity contribution in [2.75, 3.05) is 11.9 Å². The Balaban J connectivity index is 1.68. The van der Waals surface area contributed by atoms with Gasteiger partial charge >= 0.3 is 0 Å². The van der Waals surface area contributed by atoms with Gasteiger partial charge in [-0.15, -0.1) is 0 Å². The van der Waals surface area contributed by atoms with Crippen molar-refractivity contribution in [2.45, 2.75) is 31.8 Å². The van der Waals surface area contributed by atoms with Crippen LogP contribution in [-0.4, -0.2) is 33.4 Å². The van der Waals surface area contributed by atoms with Crippen LogP contribution >= 0.6 is 15.9 Å². The first kappa shape index (κ1) is 15.2. The molecule has 0 bridgehead atoms. The lowest BCUT2D eigenvalue weighted by atomic mass is 10.1. The third-order valence-corrected chi connectivity index (χ3v) is 4.11. The lowest BCUT2D eigenvalue weighted by Crippen LogP contribution is -2.16. The maximum absolute atomic E-state index is 12.2. The second-order valence-corrected chi connectivity index (χ2v) is 6.14. The fraction of sp³-hybridized carbons (Fsp3) is 0.400. The highest BCUT2D eigenvalue weighted by atomic mass is 79.9. The van der Waals surface area contributed by atoms with Gasteiger partial charge in [0.25, 0.3) is 0 Å². The Kier molecular flexibility index (Phi) is 4.84. The predicted molar refractivity (Wildman–Crippen MR) is 85.9 cm³/mol. The Bertz CT molecular complexity index is 639. The summed E-state index contributed by atoms with van der Waals surface area (Å²) in [5.41, 5.74) is 1.49. The zero-order valence-electron chi connectivity index (χ0n) is 12.0. The molecule has 116 valence electrons. The van der Waals surface area contributed by atoms with Crippen molar-refractivity contribution >= 4 is 27.5 Å². The topological polar surface area (TPSA) is 69.0 Å². The van der Waals surface area contributed by atoms with Crippen molar-refractivity contribution in [1.29, 1.82) is 0 Å². The Morgan fingerprint density at radius 2 is 2.41 bits per heavy atom. The van der Waals surface area contributed by atoms with Crippen LogP contribution in [0.15, 0.2) is 35.3 Å². The van der Waals surface area contributed by atoms with Gasteiger partial charge in [-0.2, -0.15) is 5.10 Å². The average molecular weight is 365 g/mol. The SMILES string of the molecule is O=C(CC[C@H]1CCCO1)Nc1cc(Br)ccc1-n1cncn1. The molecule has 3 rings (SSSR count). The van der Waals surface area contributed by atoms with E-state index >= 15 is 0 Å². The summed E-state index contributed by atoms with van der Waals surface area (Å²) in [6.07, 6.45) is 6.65. The summed E-state index contributed by atoms with van der Waals surface area (Å²) in [5, 5.41) is 7.06. The van der Waals surface area contributed by atoms with Gasteiger partial charge in [0.15, 0.2) is 0 Å². The van der Waals surface area contributed by atoms with Crippen molar-refractivity contribution in [3.8, 4) is 5.69 Å². The van der Waals surface area contributed by atoms with Gasteiger partial charge in [0.1, 0.15) is 12.7 Å². The standard InChI is InChI=1S/C15H17BrN4O2/c16-11-3-5-14(20-10-17-9-18-20)13(8-11)19-15(21)6-4-12-2-1-7-22-12/h3,5,8-10,12H,1-2,4,6-7H2,(H,19,21)/t12-/m1/s1. The lowest BCUT2D eigenvalue weighted by molar-refractivity contribution is -0.116. The van der Waals surface area contributed by atoms with Gasteiger partial charge in [-0.1, -0.05) is 15.9 Å². The molecule has 1 fully saturated rings. The van der Waals surface area contributed by atoms with Gasteiger partial charge in [0.05, 0.1) is 17.5 Å². The molecule has 1 saturated heterocycles. The minimum atomic E-state index is -0.0186. The molecule has 2 heterocycles. The number of rotatable bonds is 5. The van der Waals surface area contributed by atoms with E-state index in [2.05, 4.69) is 31.3 Å². The number of benzene rings is 1. The summed E-state index contributed by atoms with van der Waals surface area (Å²) in [6, 6.07) is 5.65. The van der Waals surface area contributed by atoms with Crippen LogP contribution in [0.1, 0.15) is 25.7 Å². The van der Waals surface area contributed by atoms with E-state index in [0.717, 1.165) is 36.0 Å². The van der Waals surface area contributed by atoms with Gasteiger partial charge in [-0.25, -0.2) is 9.67 Å². The normalized spacial score (nSPS) is 17.6. The molecule has 1 aromatic carbocycles. The van der Waals surface area contributed by atoms with E-state index in [1.807, 2.05) is 18.2 Å². The lowest BCUT2D eigenvalue weighted by Gasteiger charge is -2.13. The fourth-order valence-electron chi connectivity index (χ4n) is 2.52. The van der Waals surface area contributed by atoms with E-state index in [1.54, 1.807) is 11.0 Å². The number of carbonyl (C=O) groups is 1. The molecule has 22 heavy (non-hydrogen) atoms. The van der Waals surface area contributed by atoms with Crippen LogP contribution in [0.3, 0.4) is 0 Å². The molecule has 1 aromatic heterocycles. The molecule has 0 saturated carbocycles. The third kappa shape index (κ3) is 3.72. The van der Waals surface area contributed by atoms with E-state index in [-0.39, 0.29) is 12.0 Å². The summed E-state index contributed by atoms with van der Waals surface area (Å²) in [5.74, 6) is -0.0186. The maximum atomic E-state index is 12.2. The molecule has 0 unspecified atom stereocenters. The largest absolute Gasteiger partial charge is 0.378 e. The average Bonchev–Trinajstić information content (AvgIpc) is 3.19. The molecule has 1 amide bonds. The zero-order chi connectivity index (χ0) is 15.4. The Morgan fingerprint density at radius 3 is 3.14 bits per heavy atom. The van der Waals surface area contributed by atoms with Crippen molar-refractivity contribution in [1.82, 2.24) is 14.8 Å². The van der Waals surface area contributed by atoms with E-state index in [0.29, 0.717) is 12.1 Å². The minimum Gasteiger partial charge on any atom is -0.378 e. The van der Waals surface area contributed by atoms with Crippen LogP contribution in [0, 0.1) is 0 Å². The van der Waals surface area contributed by atoms with Crippen molar-refractivity contribution in [3.05, 3.63) is 35.3 Å². The molecule has 6 nitrogen and oxygen atoms in total. The van der Waals surface area contributed by atoms with E-state index in [1.165, 1.54) is 6.33 Å². The Hall–Kier alpha value is -1.73. The molecular formula is C15H17BrN4O2. The quantitative estimate of drug-likeness (QED) is 0.885. The first-order valence-corrected chi connectivity index (χ1v) is 8.07. The van der Waals surface area contributed by atoms with Gasteiger partial charge in [0.2, 0.25) is 5.91 Å².